The third-order valence-electron chi connectivity index (χ3n) is 3.43. The first-order valence-electron chi connectivity index (χ1n) is 6.68. The van der Waals surface area contributed by atoms with Crippen LogP contribution in [-0.2, 0) is 0 Å². The van der Waals surface area contributed by atoms with Crippen molar-refractivity contribution in [3.63, 3.8) is 0 Å². The molecular weight excluding hydrogens is 263 g/mol. The van der Waals surface area contributed by atoms with E-state index in [1.54, 1.807) is 6.07 Å². The summed E-state index contributed by atoms with van der Waals surface area (Å²) >= 11 is 0. The standard InChI is InChI=1S/C19H13FO/c20-19-11-6-14(13-21)12-18(19)17-9-7-16(8-10-17)15-4-2-1-3-5-15/h1-13H. The van der Waals surface area contributed by atoms with Gasteiger partial charge in [-0.05, 0) is 34.9 Å². The van der Waals surface area contributed by atoms with Gasteiger partial charge in [0.2, 0.25) is 0 Å². The minimum atomic E-state index is -0.326. The van der Waals surface area contributed by atoms with Gasteiger partial charge in [0.1, 0.15) is 12.1 Å². The predicted molar refractivity (Wildman–Crippen MR) is 82.7 cm³/mol. The quantitative estimate of drug-likeness (QED) is 0.617. The molecule has 0 fully saturated rings. The summed E-state index contributed by atoms with van der Waals surface area (Å²) < 4.78 is 13.9. The van der Waals surface area contributed by atoms with Crippen LogP contribution in [0.4, 0.5) is 4.39 Å². The highest BCUT2D eigenvalue weighted by Gasteiger charge is 2.06. The number of carbonyl (C=O) groups is 1. The first-order valence-corrected chi connectivity index (χ1v) is 6.68. The van der Waals surface area contributed by atoms with Crippen LogP contribution in [0.15, 0.2) is 72.8 Å². The lowest BCUT2D eigenvalue weighted by Gasteiger charge is -2.06. The summed E-state index contributed by atoms with van der Waals surface area (Å²) in [5.74, 6) is -0.326. The summed E-state index contributed by atoms with van der Waals surface area (Å²) in [4.78, 5) is 10.8. The van der Waals surface area contributed by atoms with E-state index >= 15 is 0 Å². The van der Waals surface area contributed by atoms with Crippen LogP contribution in [0.2, 0.25) is 0 Å². The Balaban J connectivity index is 2.00. The smallest absolute Gasteiger partial charge is 0.150 e. The van der Waals surface area contributed by atoms with Crippen molar-refractivity contribution in [1.29, 1.82) is 0 Å². The molecule has 0 heterocycles. The highest BCUT2D eigenvalue weighted by molar-refractivity contribution is 5.79. The number of aldehydes is 1. The topological polar surface area (TPSA) is 17.1 Å². The van der Waals surface area contributed by atoms with Gasteiger partial charge < -0.3 is 0 Å². The average Bonchev–Trinajstić information content (AvgIpc) is 2.56. The molecule has 0 aliphatic rings. The number of carbonyl (C=O) groups excluding carboxylic acids is 1. The van der Waals surface area contributed by atoms with Crippen molar-refractivity contribution in [2.75, 3.05) is 0 Å². The van der Waals surface area contributed by atoms with E-state index in [9.17, 15) is 9.18 Å². The Hall–Kier alpha value is -2.74. The lowest BCUT2D eigenvalue weighted by molar-refractivity contribution is 0.112. The molecule has 0 aromatic heterocycles. The molecular formula is C19H13FO. The van der Waals surface area contributed by atoms with Gasteiger partial charge in [-0.15, -0.1) is 0 Å². The van der Waals surface area contributed by atoms with Crippen molar-refractivity contribution >= 4 is 6.29 Å². The molecule has 0 amide bonds. The van der Waals surface area contributed by atoms with Gasteiger partial charge in [-0.1, -0.05) is 54.6 Å². The van der Waals surface area contributed by atoms with E-state index < -0.39 is 0 Å². The maximum atomic E-state index is 13.9. The summed E-state index contributed by atoms with van der Waals surface area (Å²) in [7, 11) is 0. The molecule has 21 heavy (non-hydrogen) atoms. The predicted octanol–water partition coefficient (Wildman–Crippen LogP) is 4.97. The number of hydrogen-bond acceptors (Lipinski definition) is 1. The monoisotopic (exact) mass is 276 g/mol. The van der Waals surface area contributed by atoms with E-state index in [1.807, 2.05) is 54.6 Å². The van der Waals surface area contributed by atoms with E-state index in [0.29, 0.717) is 11.1 Å². The second kappa shape index (κ2) is 5.71. The highest BCUT2D eigenvalue weighted by Crippen LogP contribution is 2.27. The molecule has 3 aromatic rings. The lowest BCUT2D eigenvalue weighted by Crippen LogP contribution is -1.88. The van der Waals surface area contributed by atoms with Crippen LogP contribution in [0, 0.1) is 5.82 Å². The molecule has 3 rings (SSSR count). The number of halogens is 1. The minimum Gasteiger partial charge on any atom is -0.298 e. The zero-order chi connectivity index (χ0) is 14.7. The van der Waals surface area contributed by atoms with Gasteiger partial charge in [-0.2, -0.15) is 0 Å². The molecule has 0 saturated carbocycles. The molecule has 0 atom stereocenters. The van der Waals surface area contributed by atoms with E-state index in [2.05, 4.69) is 0 Å². The lowest BCUT2D eigenvalue weighted by atomic mass is 9.99. The Morgan fingerprint density at radius 3 is 2.00 bits per heavy atom. The second-order valence-corrected chi connectivity index (χ2v) is 4.80. The largest absolute Gasteiger partial charge is 0.298 e. The molecule has 0 unspecified atom stereocenters. The molecule has 0 saturated heterocycles. The van der Waals surface area contributed by atoms with Crippen LogP contribution in [0.1, 0.15) is 10.4 Å². The maximum absolute atomic E-state index is 13.9. The van der Waals surface area contributed by atoms with Crippen molar-refractivity contribution in [1.82, 2.24) is 0 Å². The Bertz CT molecular complexity index is 761. The van der Waals surface area contributed by atoms with Gasteiger partial charge >= 0.3 is 0 Å². The third kappa shape index (κ3) is 2.75. The maximum Gasteiger partial charge on any atom is 0.150 e. The Labute approximate surface area is 122 Å². The zero-order valence-corrected chi connectivity index (χ0v) is 11.3. The van der Waals surface area contributed by atoms with Gasteiger partial charge in [-0.3, -0.25) is 4.79 Å². The summed E-state index contributed by atoms with van der Waals surface area (Å²) in [6.45, 7) is 0. The van der Waals surface area contributed by atoms with Crippen molar-refractivity contribution in [2.24, 2.45) is 0 Å². The Kier molecular flexibility index (Phi) is 3.61. The van der Waals surface area contributed by atoms with E-state index in [1.165, 1.54) is 12.1 Å². The molecule has 1 nitrogen and oxygen atoms in total. The fraction of sp³-hybridized carbons (Fsp3) is 0. The number of benzene rings is 3. The first kappa shape index (κ1) is 13.3. The van der Waals surface area contributed by atoms with Crippen LogP contribution in [-0.4, -0.2) is 6.29 Å². The van der Waals surface area contributed by atoms with Gasteiger partial charge in [-0.25, -0.2) is 4.39 Å². The van der Waals surface area contributed by atoms with Crippen molar-refractivity contribution < 1.29 is 9.18 Å². The molecule has 0 aliphatic carbocycles. The van der Waals surface area contributed by atoms with Crippen LogP contribution < -0.4 is 0 Å². The summed E-state index contributed by atoms with van der Waals surface area (Å²) in [5.41, 5.74) is 3.87. The molecule has 3 aromatic carbocycles. The van der Waals surface area contributed by atoms with E-state index in [-0.39, 0.29) is 5.82 Å². The molecule has 0 spiro atoms. The van der Waals surface area contributed by atoms with Crippen molar-refractivity contribution in [3.05, 3.63) is 84.2 Å². The van der Waals surface area contributed by atoms with Crippen LogP contribution >= 0.6 is 0 Å². The molecule has 0 aliphatic heterocycles. The Morgan fingerprint density at radius 1 is 0.714 bits per heavy atom. The van der Waals surface area contributed by atoms with Crippen LogP contribution in [0.5, 0.6) is 0 Å². The van der Waals surface area contributed by atoms with Crippen LogP contribution in [0.25, 0.3) is 22.3 Å². The van der Waals surface area contributed by atoms with E-state index in [4.69, 9.17) is 0 Å². The normalized spacial score (nSPS) is 10.3. The molecule has 0 N–H and O–H groups in total. The van der Waals surface area contributed by atoms with Gasteiger partial charge in [0.25, 0.3) is 0 Å². The highest BCUT2D eigenvalue weighted by atomic mass is 19.1. The Morgan fingerprint density at radius 2 is 1.33 bits per heavy atom. The van der Waals surface area contributed by atoms with Gasteiger partial charge in [0, 0.05) is 11.1 Å². The number of hydrogen-bond donors (Lipinski definition) is 0. The fourth-order valence-corrected chi connectivity index (χ4v) is 2.31. The van der Waals surface area contributed by atoms with E-state index in [0.717, 1.165) is 23.0 Å². The van der Waals surface area contributed by atoms with Gasteiger partial charge in [0.15, 0.2) is 0 Å². The summed E-state index contributed by atoms with van der Waals surface area (Å²) in [6, 6.07) is 22.0. The average molecular weight is 276 g/mol. The third-order valence-corrected chi connectivity index (χ3v) is 3.43. The molecule has 0 bridgehead atoms. The first-order chi connectivity index (χ1) is 10.3. The SMILES string of the molecule is O=Cc1ccc(F)c(-c2ccc(-c3ccccc3)cc2)c1. The van der Waals surface area contributed by atoms with Crippen molar-refractivity contribution in [3.8, 4) is 22.3 Å². The molecule has 0 radical (unpaired) electrons. The van der Waals surface area contributed by atoms with Crippen LogP contribution in [0.3, 0.4) is 0 Å². The molecule has 2 heteroatoms. The zero-order valence-electron chi connectivity index (χ0n) is 11.3. The summed E-state index contributed by atoms with van der Waals surface area (Å²) in [6.07, 6.45) is 0.723. The number of rotatable bonds is 3. The molecule has 102 valence electrons. The second-order valence-electron chi connectivity index (χ2n) is 4.80. The fourth-order valence-electron chi connectivity index (χ4n) is 2.31. The van der Waals surface area contributed by atoms with Crippen molar-refractivity contribution in [2.45, 2.75) is 0 Å². The van der Waals surface area contributed by atoms with Gasteiger partial charge in [0.05, 0.1) is 0 Å². The summed E-state index contributed by atoms with van der Waals surface area (Å²) in [5, 5.41) is 0. The minimum absolute atomic E-state index is 0.326.